The molecule has 0 saturated carbocycles. The van der Waals surface area contributed by atoms with Crippen LogP contribution in [0.4, 0.5) is 11.4 Å². The van der Waals surface area contributed by atoms with E-state index in [2.05, 4.69) is 16.9 Å². The maximum absolute atomic E-state index is 11.6. The highest BCUT2D eigenvalue weighted by Crippen LogP contribution is 2.37. The second-order valence-corrected chi connectivity index (χ2v) is 5.97. The zero-order valence-electron chi connectivity index (χ0n) is 15.1. The molecule has 1 heterocycles. The van der Waals surface area contributed by atoms with Crippen molar-refractivity contribution in [1.29, 1.82) is 0 Å². The molecule has 0 bridgehead atoms. The highest BCUT2D eigenvalue weighted by Gasteiger charge is 2.20. The van der Waals surface area contributed by atoms with Crippen LogP contribution < -0.4 is 10.1 Å². The van der Waals surface area contributed by atoms with Crippen LogP contribution in [0, 0.1) is 17.0 Å². The number of anilines is 1. The van der Waals surface area contributed by atoms with E-state index in [4.69, 9.17) is 4.74 Å². The Balaban J connectivity index is 2.07. The number of hydrogen-bond donors (Lipinski definition) is 1. The number of aromatic nitrogens is 1. The Labute approximate surface area is 161 Å². The van der Waals surface area contributed by atoms with Gasteiger partial charge in [0.2, 0.25) is 5.91 Å². The molecule has 1 N–H and O–H groups in total. The molecule has 0 aliphatic rings. The molecule has 0 radical (unpaired) electrons. The molecule has 0 atom stereocenters. The Bertz CT molecular complexity index is 1050. The summed E-state index contributed by atoms with van der Waals surface area (Å²) in [5, 5.41) is 14.0. The van der Waals surface area contributed by atoms with Crippen LogP contribution in [0.3, 0.4) is 0 Å². The minimum Gasteiger partial charge on any atom is -0.433 e. The summed E-state index contributed by atoms with van der Waals surface area (Å²) in [7, 11) is 0. The van der Waals surface area contributed by atoms with Crippen LogP contribution in [0.25, 0.3) is 11.1 Å². The Morgan fingerprint density at radius 3 is 2.64 bits per heavy atom. The van der Waals surface area contributed by atoms with E-state index in [0.29, 0.717) is 22.6 Å². The van der Waals surface area contributed by atoms with E-state index in [1.807, 2.05) is 30.3 Å². The number of carbonyl (C=O) groups is 1. The van der Waals surface area contributed by atoms with Crippen molar-refractivity contribution in [3.05, 3.63) is 89.1 Å². The first-order valence-corrected chi connectivity index (χ1v) is 8.39. The van der Waals surface area contributed by atoms with Crippen molar-refractivity contribution in [3.8, 4) is 22.8 Å². The van der Waals surface area contributed by atoms with Crippen LogP contribution in [-0.4, -0.2) is 15.8 Å². The lowest BCUT2D eigenvalue weighted by atomic mass is 10.0. The van der Waals surface area contributed by atoms with Gasteiger partial charge >= 0.3 is 5.69 Å². The standard InChI is InChI=1S/C21H17N3O4/c1-3-20(25)23-16-9-10-19(17(12-16)15-7-5-4-6-8-15)28-21-18(24(26)27)11-14(2)13-22-21/h3-13H,1H2,2H3,(H,23,25). The van der Waals surface area contributed by atoms with Gasteiger partial charge in [-0.15, -0.1) is 0 Å². The average Bonchev–Trinajstić information content (AvgIpc) is 2.70. The zero-order chi connectivity index (χ0) is 20.1. The largest absolute Gasteiger partial charge is 0.433 e. The number of aryl methyl sites for hydroxylation is 1. The Morgan fingerprint density at radius 1 is 1.21 bits per heavy atom. The summed E-state index contributed by atoms with van der Waals surface area (Å²) in [5.41, 5.74) is 2.46. The minimum atomic E-state index is -0.532. The molecule has 3 aromatic rings. The number of nitrogens with zero attached hydrogens (tertiary/aromatic N) is 2. The van der Waals surface area contributed by atoms with Gasteiger partial charge in [0, 0.05) is 23.5 Å². The van der Waals surface area contributed by atoms with Gasteiger partial charge in [-0.1, -0.05) is 36.9 Å². The second-order valence-electron chi connectivity index (χ2n) is 5.97. The third kappa shape index (κ3) is 4.21. The Kier molecular flexibility index (Phi) is 5.45. The first-order chi connectivity index (χ1) is 13.5. The van der Waals surface area contributed by atoms with Crippen LogP contribution in [-0.2, 0) is 4.79 Å². The molecule has 3 rings (SSSR count). The third-order valence-corrected chi connectivity index (χ3v) is 3.89. The molecule has 7 heteroatoms. The van der Waals surface area contributed by atoms with Crippen LogP contribution in [0.15, 0.2) is 73.4 Å². The van der Waals surface area contributed by atoms with Gasteiger partial charge in [0.15, 0.2) is 0 Å². The predicted octanol–water partition coefficient (Wildman–Crippen LogP) is 4.88. The SMILES string of the molecule is C=CC(=O)Nc1ccc(Oc2ncc(C)cc2[N+](=O)[O-])c(-c2ccccc2)c1. The zero-order valence-corrected chi connectivity index (χ0v) is 15.1. The van der Waals surface area contributed by atoms with Gasteiger partial charge in [-0.2, -0.15) is 0 Å². The Hall–Kier alpha value is -4.00. The molecule has 2 aromatic carbocycles. The van der Waals surface area contributed by atoms with Gasteiger partial charge < -0.3 is 10.1 Å². The fourth-order valence-corrected chi connectivity index (χ4v) is 2.59. The number of benzene rings is 2. The highest BCUT2D eigenvalue weighted by atomic mass is 16.6. The number of nitrogens with one attached hydrogen (secondary N) is 1. The molecule has 0 fully saturated rings. The summed E-state index contributed by atoms with van der Waals surface area (Å²) in [4.78, 5) is 26.5. The summed E-state index contributed by atoms with van der Waals surface area (Å²) >= 11 is 0. The number of amides is 1. The monoisotopic (exact) mass is 375 g/mol. The summed E-state index contributed by atoms with van der Waals surface area (Å²) in [6.45, 7) is 5.15. The number of ether oxygens (including phenoxy) is 1. The number of nitro groups is 1. The summed E-state index contributed by atoms with van der Waals surface area (Å²) in [5.74, 6) is -0.0681. The number of carbonyl (C=O) groups excluding carboxylic acids is 1. The van der Waals surface area contributed by atoms with Crippen molar-refractivity contribution < 1.29 is 14.5 Å². The smallest absolute Gasteiger partial charge is 0.331 e. The van der Waals surface area contributed by atoms with Gasteiger partial charge in [-0.25, -0.2) is 4.98 Å². The topological polar surface area (TPSA) is 94.4 Å². The van der Waals surface area contributed by atoms with Crippen molar-refractivity contribution in [2.75, 3.05) is 5.32 Å². The minimum absolute atomic E-state index is 0.101. The van der Waals surface area contributed by atoms with E-state index in [-0.39, 0.29) is 17.5 Å². The number of pyridine rings is 1. The lowest BCUT2D eigenvalue weighted by molar-refractivity contribution is -0.386. The van der Waals surface area contributed by atoms with E-state index >= 15 is 0 Å². The van der Waals surface area contributed by atoms with Gasteiger partial charge in [-0.05, 0) is 42.3 Å². The van der Waals surface area contributed by atoms with E-state index in [1.165, 1.54) is 18.3 Å². The quantitative estimate of drug-likeness (QED) is 0.376. The Morgan fingerprint density at radius 2 is 1.96 bits per heavy atom. The molecular weight excluding hydrogens is 358 g/mol. The summed E-state index contributed by atoms with van der Waals surface area (Å²) in [6, 6.07) is 15.8. The molecule has 0 unspecified atom stereocenters. The molecule has 1 aromatic heterocycles. The fraction of sp³-hybridized carbons (Fsp3) is 0.0476. The van der Waals surface area contributed by atoms with Crippen LogP contribution in [0.2, 0.25) is 0 Å². The van der Waals surface area contributed by atoms with E-state index < -0.39 is 4.92 Å². The molecular formula is C21H17N3O4. The number of rotatable bonds is 6. The van der Waals surface area contributed by atoms with Gasteiger partial charge in [0.1, 0.15) is 5.75 Å². The van der Waals surface area contributed by atoms with Crippen molar-refractivity contribution in [2.24, 2.45) is 0 Å². The lowest BCUT2D eigenvalue weighted by Gasteiger charge is -2.13. The van der Waals surface area contributed by atoms with E-state index in [9.17, 15) is 14.9 Å². The maximum Gasteiger partial charge on any atom is 0.331 e. The number of hydrogen-bond acceptors (Lipinski definition) is 5. The van der Waals surface area contributed by atoms with Gasteiger partial charge in [0.05, 0.1) is 4.92 Å². The van der Waals surface area contributed by atoms with Crippen molar-refractivity contribution in [1.82, 2.24) is 4.98 Å². The van der Waals surface area contributed by atoms with Crippen LogP contribution in [0.1, 0.15) is 5.56 Å². The normalized spacial score (nSPS) is 10.2. The molecule has 140 valence electrons. The van der Waals surface area contributed by atoms with E-state index in [0.717, 1.165) is 5.56 Å². The van der Waals surface area contributed by atoms with Crippen molar-refractivity contribution >= 4 is 17.3 Å². The second kappa shape index (κ2) is 8.13. The lowest BCUT2D eigenvalue weighted by Crippen LogP contribution is -2.07. The average molecular weight is 375 g/mol. The molecule has 7 nitrogen and oxygen atoms in total. The summed E-state index contributed by atoms with van der Waals surface area (Å²) in [6.07, 6.45) is 2.68. The first-order valence-electron chi connectivity index (χ1n) is 8.39. The van der Waals surface area contributed by atoms with Gasteiger partial charge in [0.25, 0.3) is 5.88 Å². The molecule has 0 saturated heterocycles. The molecule has 0 aliphatic heterocycles. The highest BCUT2D eigenvalue weighted by molar-refractivity contribution is 5.99. The van der Waals surface area contributed by atoms with Crippen LogP contribution >= 0.6 is 0 Å². The first kappa shape index (κ1) is 18.8. The fourth-order valence-electron chi connectivity index (χ4n) is 2.59. The van der Waals surface area contributed by atoms with Crippen molar-refractivity contribution in [3.63, 3.8) is 0 Å². The molecule has 1 amide bonds. The molecule has 0 aliphatic carbocycles. The van der Waals surface area contributed by atoms with Gasteiger partial charge in [-0.3, -0.25) is 14.9 Å². The summed E-state index contributed by atoms with van der Waals surface area (Å²) < 4.78 is 5.81. The predicted molar refractivity (Wildman–Crippen MR) is 106 cm³/mol. The van der Waals surface area contributed by atoms with E-state index in [1.54, 1.807) is 25.1 Å². The maximum atomic E-state index is 11.6. The van der Waals surface area contributed by atoms with Crippen molar-refractivity contribution in [2.45, 2.75) is 6.92 Å². The van der Waals surface area contributed by atoms with Crippen LogP contribution in [0.5, 0.6) is 11.6 Å². The molecule has 0 spiro atoms. The molecule has 28 heavy (non-hydrogen) atoms. The third-order valence-electron chi connectivity index (χ3n) is 3.89.